The molecule has 2 nitrogen and oxygen atoms in total. The lowest BCUT2D eigenvalue weighted by molar-refractivity contribution is -0.117. The fraction of sp³-hybridized carbons (Fsp3) is 0.214. The molecule has 0 saturated carbocycles. The van der Waals surface area contributed by atoms with E-state index in [4.69, 9.17) is 23.2 Å². The van der Waals surface area contributed by atoms with Gasteiger partial charge in [-0.05, 0) is 11.5 Å². The average molecular weight is 280 g/mol. The molecule has 1 fully saturated rings. The maximum absolute atomic E-state index is 12.1. The van der Waals surface area contributed by atoms with E-state index in [1.165, 1.54) is 0 Å². The Bertz CT molecular complexity index is 619. The van der Waals surface area contributed by atoms with Gasteiger partial charge >= 0.3 is 0 Å². The van der Waals surface area contributed by atoms with Crippen LogP contribution in [0.15, 0.2) is 42.5 Å². The molecule has 2 aromatic rings. The third-order valence-corrected chi connectivity index (χ3v) is 3.97. The molecule has 0 bridgehead atoms. The van der Waals surface area contributed by atoms with Gasteiger partial charge in [-0.15, -0.1) is 0 Å². The Kier molecular flexibility index (Phi) is 2.72. The van der Waals surface area contributed by atoms with Gasteiger partial charge in [-0.2, -0.15) is 0 Å². The fourth-order valence-electron chi connectivity index (χ4n) is 2.33. The number of amides is 1. The van der Waals surface area contributed by atoms with Gasteiger partial charge in [0.05, 0.1) is 5.69 Å². The number of hydrogen-bond donors (Lipinski definition) is 0. The van der Waals surface area contributed by atoms with Crippen LogP contribution in [0.2, 0.25) is 0 Å². The predicted molar refractivity (Wildman–Crippen MR) is 75.4 cm³/mol. The Balaban J connectivity index is 2.14. The Morgan fingerprint density at radius 3 is 2.50 bits per heavy atom. The quantitative estimate of drug-likeness (QED) is 0.728. The molecule has 0 atom stereocenters. The lowest BCUT2D eigenvalue weighted by Crippen LogP contribution is -2.31. The molecule has 1 aliphatic rings. The number of nitrogens with zero attached hydrogens (tertiary/aromatic N) is 1. The van der Waals surface area contributed by atoms with E-state index in [-0.39, 0.29) is 5.91 Å². The first-order valence-electron chi connectivity index (χ1n) is 5.77. The maximum Gasteiger partial charge on any atom is 0.263 e. The number of halogens is 2. The zero-order valence-electron chi connectivity index (χ0n) is 9.57. The number of anilines is 1. The zero-order chi connectivity index (χ0) is 12.8. The van der Waals surface area contributed by atoms with Gasteiger partial charge in [0.25, 0.3) is 5.91 Å². The number of rotatable bonds is 1. The Labute approximate surface area is 115 Å². The van der Waals surface area contributed by atoms with Crippen molar-refractivity contribution in [2.45, 2.75) is 10.8 Å². The van der Waals surface area contributed by atoms with Gasteiger partial charge in [-0.1, -0.05) is 59.6 Å². The molecule has 0 N–H and O–H groups in total. The van der Waals surface area contributed by atoms with Crippen LogP contribution in [0.3, 0.4) is 0 Å². The summed E-state index contributed by atoms with van der Waals surface area (Å²) in [4.78, 5) is 13.8. The summed E-state index contributed by atoms with van der Waals surface area (Å²) >= 11 is 12.0. The number of carbonyl (C=O) groups excluding carboxylic acids is 1. The van der Waals surface area contributed by atoms with Gasteiger partial charge in [0.1, 0.15) is 0 Å². The largest absolute Gasteiger partial charge is 0.309 e. The molecule has 18 heavy (non-hydrogen) atoms. The predicted octanol–water partition coefficient (Wildman–Crippen LogP) is 3.75. The molecule has 1 saturated heterocycles. The van der Waals surface area contributed by atoms with E-state index in [1.54, 1.807) is 4.90 Å². The zero-order valence-corrected chi connectivity index (χ0v) is 11.1. The van der Waals surface area contributed by atoms with Crippen LogP contribution >= 0.6 is 23.2 Å². The van der Waals surface area contributed by atoms with Gasteiger partial charge in [0.2, 0.25) is 0 Å². The van der Waals surface area contributed by atoms with Gasteiger partial charge in [-0.3, -0.25) is 4.79 Å². The Hall–Kier alpha value is -1.25. The molecule has 0 spiro atoms. The maximum atomic E-state index is 12.1. The van der Waals surface area contributed by atoms with Crippen molar-refractivity contribution in [2.24, 2.45) is 0 Å². The monoisotopic (exact) mass is 279 g/mol. The summed E-state index contributed by atoms with van der Waals surface area (Å²) in [6.45, 7) is 0.555. The van der Waals surface area contributed by atoms with E-state index < -0.39 is 4.33 Å². The second-order valence-corrected chi connectivity index (χ2v) is 5.89. The minimum absolute atomic E-state index is 0.234. The smallest absolute Gasteiger partial charge is 0.263 e. The fourth-order valence-corrected chi connectivity index (χ4v) is 2.70. The summed E-state index contributed by atoms with van der Waals surface area (Å²) in [6.07, 6.45) is 0.457. The molecule has 1 heterocycles. The van der Waals surface area contributed by atoms with Crippen molar-refractivity contribution in [1.29, 1.82) is 0 Å². The molecule has 1 aliphatic heterocycles. The van der Waals surface area contributed by atoms with Crippen molar-refractivity contribution in [2.75, 3.05) is 11.4 Å². The van der Waals surface area contributed by atoms with Crippen LogP contribution in [-0.4, -0.2) is 16.8 Å². The molecule has 1 amide bonds. The SMILES string of the molecule is O=C1N(c2cccc3ccccc23)CCC1(Cl)Cl. The highest BCUT2D eigenvalue weighted by Gasteiger charge is 2.44. The Morgan fingerprint density at radius 1 is 1.06 bits per heavy atom. The molecule has 4 heteroatoms. The van der Waals surface area contributed by atoms with Gasteiger partial charge in [0, 0.05) is 18.4 Å². The Morgan fingerprint density at radius 2 is 1.78 bits per heavy atom. The summed E-state index contributed by atoms with van der Waals surface area (Å²) in [5, 5.41) is 2.14. The summed E-state index contributed by atoms with van der Waals surface area (Å²) in [5.74, 6) is -0.234. The standard InChI is InChI=1S/C14H11Cl2NO/c15-14(16)8-9-17(13(14)18)12-7-3-5-10-4-1-2-6-11(10)12/h1-7H,8-9H2. The second-order valence-electron chi connectivity index (χ2n) is 4.41. The molecular weight excluding hydrogens is 269 g/mol. The number of carbonyl (C=O) groups is 1. The first-order valence-corrected chi connectivity index (χ1v) is 6.53. The summed E-state index contributed by atoms with van der Waals surface area (Å²) in [7, 11) is 0. The van der Waals surface area contributed by atoms with Gasteiger partial charge in [0.15, 0.2) is 4.33 Å². The highest BCUT2D eigenvalue weighted by Crippen LogP contribution is 2.38. The average Bonchev–Trinajstić information content (AvgIpc) is 2.64. The van der Waals surface area contributed by atoms with Crippen LogP contribution in [0.1, 0.15) is 6.42 Å². The van der Waals surface area contributed by atoms with E-state index in [1.807, 2.05) is 42.5 Å². The van der Waals surface area contributed by atoms with E-state index in [2.05, 4.69) is 0 Å². The van der Waals surface area contributed by atoms with Crippen LogP contribution in [0.4, 0.5) is 5.69 Å². The van der Waals surface area contributed by atoms with Crippen LogP contribution in [0, 0.1) is 0 Å². The van der Waals surface area contributed by atoms with Crippen molar-refractivity contribution in [3.05, 3.63) is 42.5 Å². The molecular formula is C14H11Cl2NO. The lowest BCUT2D eigenvalue weighted by atomic mass is 10.1. The lowest BCUT2D eigenvalue weighted by Gasteiger charge is -2.19. The van der Waals surface area contributed by atoms with Gasteiger partial charge < -0.3 is 4.90 Å². The molecule has 2 aromatic carbocycles. The normalized spacial score (nSPS) is 18.6. The third kappa shape index (κ3) is 1.76. The molecule has 0 radical (unpaired) electrons. The van der Waals surface area contributed by atoms with Gasteiger partial charge in [-0.25, -0.2) is 0 Å². The van der Waals surface area contributed by atoms with E-state index in [9.17, 15) is 4.79 Å². The topological polar surface area (TPSA) is 20.3 Å². The molecule has 92 valence electrons. The van der Waals surface area contributed by atoms with Crippen LogP contribution < -0.4 is 4.90 Å². The van der Waals surface area contributed by atoms with E-state index >= 15 is 0 Å². The molecule has 0 unspecified atom stereocenters. The summed E-state index contributed by atoms with van der Waals surface area (Å²) in [6, 6.07) is 13.8. The third-order valence-electron chi connectivity index (χ3n) is 3.26. The van der Waals surface area contributed by atoms with E-state index in [0.717, 1.165) is 16.5 Å². The van der Waals surface area contributed by atoms with Crippen molar-refractivity contribution in [1.82, 2.24) is 0 Å². The number of hydrogen-bond acceptors (Lipinski definition) is 1. The van der Waals surface area contributed by atoms with Crippen molar-refractivity contribution >= 4 is 45.6 Å². The van der Waals surface area contributed by atoms with E-state index in [0.29, 0.717) is 13.0 Å². The van der Waals surface area contributed by atoms with Crippen LogP contribution in [0.25, 0.3) is 10.8 Å². The highest BCUT2D eigenvalue weighted by molar-refractivity contribution is 6.60. The first-order chi connectivity index (χ1) is 8.59. The first kappa shape index (κ1) is 11.8. The highest BCUT2D eigenvalue weighted by atomic mass is 35.5. The van der Waals surface area contributed by atoms with Crippen molar-refractivity contribution in [3.63, 3.8) is 0 Å². The second kappa shape index (κ2) is 4.15. The summed E-state index contributed by atoms with van der Waals surface area (Å²) in [5.41, 5.74) is 0.876. The van der Waals surface area contributed by atoms with Crippen molar-refractivity contribution in [3.8, 4) is 0 Å². The number of alkyl halides is 2. The molecule has 0 aliphatic carbocycles. The van der Waals surface area contributed by atoms with Crippen LogP contribution in [-0.2, 0) is 4.79 Å². The minimum atomic E-state index is -1.28. The summed E-state index contributed by atoms with van der Waals surface area (Å²) < 4.78 is -1.28. The van der Waals surface area contributed by atoms with Crippen LogP contribution in [0.5, 0.6) is 0 Å². The number of fused-ring (bicyclic) bond motifs is 1. The van der Waals surface area contributed by atoms with Crippen molar-refractivity contribution < 1.29 is 4.79 Å². The molecule has 0 aromatic heterocycles. The molecule has 3 rings (SSSR count). The number of benzene rings is 2. The minimum Gasteiger partial charge on any atom is -0.309 e.